The van der Waals surface area contributed by atoms with E-state index in [1.54, 1.807) is 24.5 Å². The molecular formula is C14H24N2O3S. The molecule has 1 unspecified atom stereocenters. The summed E-state index contributed by atoms with van der Waals surface area (Å²) < 4.78 is 26.2. The molecule has 6 heteroatoms. The van der Waals surface area contributed by atoms with Crippen molar-refractivity contribution < 1.29 is 13.5 Å². The van der Waals surface area contributed by atoms with Crippen molar-refractivity contribution in [2.75, 3.05) is 12.3 Å². The van der Waals surface area contributed by atoms with Gasteiger partial charge in [-0.1, -0.05) is 26.7 Å². The van der Waals surface area contributed by atoms with Crippen molar-refractivity contribution in [3.05, 3.63) is 30.1 Å². The quantitative estimate of drug-likeness (QED) is 0.721. The Balaban J connectivity index is 2.42. The van der Waals surface area contributed by atoms with Crippen LogP contribution in [0.2, 0.25) is 0 Å². The highest BCUT2D eigenvalue weighted by Gasteiger charge is 2.18. The predicted molar refractivity (Wildman–Crippen MR) is 79.8 cm³/mol. The van der Waals surface area contributed by atoms with Gasteiger partial charge in [0.15, 0.2) is 0 Å². The monoisotopic (exact) mass is 300 g/mol. The van der Waals surface area contributed by atoms with Crippen LogP contribution >= 0.6 is 0 Å². The molecule has 0 aliphatic rings. The van der Waals surface area contributed by atoms with Crippen molar-refractivity contribution >= 4 is 10.0 Å². The van der Waals surface area contributed by atoms with Crippen molar-refractivity contribution in [2.24, 2.45) is 5.92 Å². The molecule has 2 N–H and O–H groups in total. The van der Waals surface area contributed by atoms with Gasteiger partial charge in [-0.15, -0.1) is 0 Å². The third-order valence-corrected chi connectivity index (χ3v) is 4.86. The smallest absolute Gasteiger partial charge is 0.212 e. The Bertz CT molecular complexity index is 472. The fraction of sp³-hybridized carbons (Fsp3) is 0.643. The van der Waals surface area contributed by atoms with E-state index in [1.807, 2.05) is 13.8 Å². The molecule has 0 aliphatic carbocycles. The number of aromatic nitrogens is 1. The molecule has 0 spiro atoms. The fourth-order valence-corrected chi connectivity index (χ4v) is 3.16. The van der Waals surface area contributed by atoms with Gasteiger partial charge in [-0.3, -0.25) is 4.98 Å². The summed E-state index contributed by atoms with van der Waals surface area (Å²) in [6, 6.07) is 3.60. The van der Waals surface area contributed by atoms with Gasteiger partial charge < -0.3 is 5.11 Å². The molecule has 0 saturated heterocycles. The lowest BCUT2D eigenvalue weighted by atomic mass is 9.97. The van der Waals surface area contributed by atoms with Crippen LogP contribution in [0.4, 0.5) is 0 Å². The molecule has 20 heavy (non-hydrogen) atoms. The van der Waals surface area contributed by atoms with Gasteiger partial charge in [0, 0.05) is 18.9 Å². The van der Waals surface area contributed by atoms with Gasteiger partial charge in [-0.2, -0.15) is 0 Å². The van der Waals surface area contributed by atoms with E-state index in [0.717, 1.165) is 18.4 Å². The summed E-state index contributed by atoms with van der Waals surface area (Å²) >= 11 is 0. The summed E-state index contributed by atoms with van der Waals surface area (Å²) in [5.74, 6) is 0.157. The first-order chi connectivity index (χ1) is 9.48. The summed E-state index contributed by atoms with van der Waals surface area (Å²) in [5, 5.41) is 9.92. The third kappa shape index (κ3) is 5.98. The van der Waals surface area contributed by atoms with Crippen LogP contribution in [0.3, 0.4) is 0 Å². The van der Waals surface area contributed by atoms with E-state index < -0.39 is 16.1 Å². The van der Waals surface area contributed by atoms with Crippen molar-refractivity contribution in [2.45, 2.75) is 39.2 Å². The van der Waals surface area contributed by atoms with E-state index in [-0.39, 0.29) is 18.2 Å². The standard InChI is InChI=1S/C14H24N2O3S/c1-3-13(4-2)14(17)11-16-20(18,19)10-7-12-5-8-15-9-6-12/h5-6,8-9,13-14,16-17H,3-4,7,10-11H2,1-2H3. The molecule has 0 aliphatic heterocycles. The van der Waals surface area contributed by atoms with E-state index in [4.69, 9.17) is 0 Å². The number of hydrogen-bond donors (Lipinski definition) is 2. The lowest BCUT2D eigenvalue weighted by Crippen LogP contribution is -2.37. The molecule has 5 nitrogen and oxygen atoms in total. The van der Waals surface area contributed by atoms with Crippen molar-refractivity contribution in [1.29, 1.82) is 0 Å². The van der Waals surface area contributed by atoms with Crippen LogP contribution in [0.15, 0.2) is 24.5 Å². The van der Waals surface area contributed by atoms with Gasteiger partial charge in [0.05, 0.1) is 11.9 Å². The summed E-state index contributed by atoms with van der Waals surface area (Å²) in [4.78, 5) is 3.89. The Labute approximate surface area is 121 Å². The molecule has 0 bridgehead atoms. The number of aliphatic hydroxyl groups excluding tert-OH is 1. The molecule has 0 aromatic carbocycles. The van der Waals surface area contributed by atoms with E-state index >= 15 is 0 Å². The SMILES string of the molecule is CCC(CC)C(O)CNS(=O)(=O)CCc1ccncc1. The first-order valence-electron chi connectivity index (χ1n) is 7.02. The highest BCUT2D eigenvalue weighted by Crippen LogP contribution is 2.12. The van der Waals surface area contributed by atoms with Crippen LogP contribution in [-0.2, 0) is 16.4 Å². The first kappa shape index (κ1) is 17.1. The van der Waals surface area contributed by atoms with Crippen molar-refractivity contribution in [3.63, 3.8) is 0 Å². The maximum atomic E-state index is 11.9. The Kier molecular flexibility index (Phi) is 7.12. The molecule has 1 aromatic rings. The lowest BCUT2D eigenvalue weighted by molar-refractivity contribution is 0.107. The van der Waals surface area contributed by atoms with E-state index in [1.165, 1.54) is 0 Å². The Morgan fingerprint density at radius 2 is 1.85 bits per heavy atom. The number of rotatable bonds is 9. The highest BCUT2D eigenvalue weighted by atomic mass is 32.2. The van der Waals surface area contributed by atoms with Gasteiger partial charge >= 0.3 is 0 Å². The molecule has 1 aromatic heterocycles. The molecule has 1 heterocycles. The summed E-state index contributed by atoms with van der Waals surface area (Å²) in [5.41, 5.74) is 0.936. The average molecular weight is 300 g/mol. The minimum absolute atomic E-state index is 0.0205. The molecule has 0 radical (unpaired) electrons. The lowest BCUT2D eigenvalue weighted by Gasteiger charge is -2.20. The Morgan fingerprint density at radius 1 is 1.25 bits per heavy atom. The second-order valence-corrected chi connectivity index (χ2v) is 6.84. The normalized spacial score (nSPS) is 13.6. The van der Waals surface area contributed by atoms with Crippen LogP contribution in [0.25, 0.3) is 0 Å². The van der Waals surface area contributed by atoms with Gasteiger partial charge in [-0.05, 0) is 30.0 Å². The van der Waals surface area contributed by atoms with Gasteiger partial charge in [-0.25, -0.2) is 13.1 Å². The molecule has 1 atom stereocenters. The number of sulfonamides is 1. The van der Waals surface area contributed by atoms with Crippen LogP contribution in [0.5, 0.6) is 0 Å². The third-order valence-electron chi connectivity index (χ3n) is 3.51. The van der Waals surface area contributed by atoms with E-state index in [9.17, 15) is 13.5 Å². The highest BCUT2D eigenvalue weighted by molar-refractivity contribution is 7.89. The van der Waals surface area contributed by atoms with E-state index in [2.05, 4.69) is 9.71 Å². The molecule has 0 saturated carbocycles. The van der Waals surface area contributed by atoms with Gasteiger partial charge in [0.1, 0.15) is 0 Å². The molecular weight excluding hydrogens is 276 g/mol. The topological polar surface area (TPSA) is 79.3 Å². The molecule has 0 fully saturated rings. The minimum atomic E-state index is -3.36. The Morgan fingerprint density at radius 3 is 2.40 bits per heavy atom. The predicted octanol–water partition coefficient (Wildman–Crippen LogP) is 1.34. The van der Waals surface area contributed by atoms with Crippen LogP contribution in [0, 0.1) is 5.92 Å². The molecule has 0 amide bonds. The summed E-state index contributed by atoms with van der Waals surface area (Å²) in [7, 11) is -3.36. The fourth-order valence-electron chi connectivity index (χ4n) is 2.09. The molecule has 114 valence electrons. The largest absolute Gasteiger partial charge is 0.391 e. The summed E-state index contributed by atoms with van der Waals surface area (Å²) in [6.45, 7) is 4.08. The number of nitrogens with one attached hydrogen (secondary N) is 1. The van der Waals surface area contributed by atoms with Crippen molar-refractivity contribution in [1.82, 2.24) is 9.71 Å². The second kappa shape index (κ2) is 8.34. The Hall–Kier alpha value is -0.980. The maximum Gasteiger partial charge on any atom is 0.212 e. The number of aryl methyl sites for hydroxylation is 1. The van der Waals surface area contributed by atoms with Crippen LogP contribution < -0.4 is 4.72 Å². The minimum Gasteiger partial charge on any atom is -0.391 e. The number of pyridine rings is 1. The second-order valence-electron chi connectivity index (χ2n) is 4.92. The zero-order chi connectivity index (χ0) is 15.0. The zero-order valence-electron chi connectivity index (χ0n) is 12.1. The van der Waals surface area contributed by atoms with Crippen molar-refractivity contribution in [3.8, 4) is 0 Å². The first-order valence-corrected chi connectivity index (χ1v) is 8.68. The number of nitrogens with zero attached hydrogens (tertiary/aromatic N) is 1. The maximum absolute atomic E-state index is 11.9. The average Bonchev–Trinajstić information content (AvgIpc) is 2.46. The summed E-state index contributed by atoms with van der Waals surface area (Å²) in [6.07, 6.45) is 4.80. The number of hydrogen-bond acceptors (Lipinski definition) is 4. The van der Waals surface area contributed by atoms with Gasteiger partial charge in [0.25, 0.3) is 0 Å². The zero-order valence-corrected chi connectivity index (χ0v) is 12.9. The van der Waals surface area contributed by atoms with Gasteiger partial charge in [0.2, 0.25) is 10.0 Å². The number of aliphatic hydroxyl groups is 1. The van der Waals surface area contributed by atoms with E-state index in [0.29, 0.717) is 6.42 Å². The molecule has 1 rings (SSSR count). The van der Waals surface area contributed by atoms with Crippen LogP contribution in [-0.4, -0.2) is 36.9 Å². The van der Waals surface area contributed by atoms with Crippen LogP contribution in [0.1, 0.15) is 32.3 Å².